The first-order chi connectivity index (χ1) is 6.57. The van der Waals surface area contributed by atoms with E-state index in [0.717, 1.165) is 16.7 Å². The quantitative estimate of drug-likeness (QED) is 0.787. The van der Waals surface area contributed by atoms with Crippen molar-refractivity contribution in [2.75, 3.05) is 7.11 Å². The highest BCUT2D eigenvalue weighted by molar-refractivity contribution is 6.31. The van der Waals surface area contributed by atoms with E-state index in [1.807, 2.05) is 13.8 Å². The Morgan fingerprint density at radius 2 is 2.14 bits per heavy atom. The monoisotopic (exact) mass is 217 g/mol. The van der Waals surface area contributed by atoms with Gasteiger partial charge < -0.3 is 4.84 Å². The lowest BCUT2D eigenvalue weighted by atomic mass is 10.0. The molecule has 0 fully saturated rings. The van der Waals surface area contributed by atoms with Crippen molar-refractivity contribution in [3.63, 3.8) is 0 Å². The van der Waals surface area contributed by atoms with E-state index < -0.39 is 0 Å². The van der Waals surface area contributed by atoms with Crippen molar-refractivity contribution in [1.29, 1.82) is 0 Å². The Hall–Kier alpha value is -0.640. The van der Waals surface area contributed by atoms with Crippen LogP contribution in [0.4, 0.5) is 4.39 Å². The molecule has 14 heavy (non-hydrogen) atoms. The van der Waals surface area contributed by atoms with E-state index >= 15 is 0 Å². The number of halogens is 2. The first-order valence-corrected chi connectivity index (χ1v) is 4.65. The SMILES string of the molecule is CONCc1c(C)c(C)cc(F)c1Cl. The van der Waals surface area contributed by atoms with Gasteiger partial charge in [0.2, 0.25) is 0 Å². The van der Waals surface area contributed by atoms with Gasteiger partial charge in [0.15, 0.2) is 0 Å². The second kappa shape index (κ2) is 4.73. The molecule has 0 atom stereocenters. The van der Waals surface area contributed by atoms with Gasteiger partial charge in [0.1, 0.15) is 5.82 Å². The zero-order valence-corrected chi connectivity index (χ0v) is 9.20. The molecule has 0 heterocycles. The number of rotatable bonds is 3. The van der Waals surface area contributed by atoms with Crippen molar-refractivity contribution in [2.24, 2.45) is 0 Å². The third-order valence-electron chi connectivity index (χ3n) is 2.26. The summed E-state index contributed by atoms with van der Waals surface area (Å²) < 4.78 is 13.2. The average molecular weight is 218 g/mol. The molecule has 1 aromatic rings. The smallest absolute Gasteiger partial charge is 0.142 e. The maximum atomic E-state index is 13.2. The summed E-state index contributed by atoms with van der Waals surface area (Å²) in [5, 5.41) is 0.164. The second-order valence-electron chi connectivity index (χ2n) is 3.12. The molecule has 2 nitrogen and oxygen atoms in total. The molecule has 0 radical (unpaired) electrons. The Morgan fingerprint density at radius 3 is 2.71 bits per heavy atom. The molecule has 0 unspecified atom stereocenters. The number of aryl methyl sites for hydroxylation is 1. The normalized spacial score (nSPS) is 10.6. The van der Waals surface area contributed by atoms with Crippen LogP contribution < -0.4 is 5.48 Å². The van der Waals surface area contributed by atoms with Crippen molar-refractivity contribution in [3.8, 4) is 0 Å². The van der Waals surface area contributed by atoms with E-state index in [9.17, 15) is 4.39 Å². The lowest BCUT2D eigenvalue weighted by Crippen LogP contribution is -2.13. The third-order valence-corrected chi connectivity index (χ3v) is 2.66. The van der Waals surface area contributed by atoms with E-state index in [4.69, 9.17) is 16.4 Å². The van der Waals surface area contributed by atoms with Gasteiger partial charge in [-0.05, 0) is 36.6 Å². The largest absolute Gasteiger partial charge is 0.305 e. The number of hydroxylamine groups is 1. The number of hydrogen-bond acceptors (Lipinski definition) is 2. The Kier molecular flexibility index (Phi) is 3.86. The molecule has 0 saturated carbocycles. The summed E-state index contributed by atoms with van der Waals surface area (Å²) >= 11 is 5.84. The fourth-order valence-corrected chi connectivity index (χ4v) is 1.53. The van der Waals surface area contributed by atoms with Crippen LogP contribution in [0.2, 0.25) is 5.02 Å². The third kappa shape index (κ3) is 2.23. The predicted molar refractivity (Wildman–Crippen MR) is 54.7 cm³/mol. The summed E-state index contributed by atoms with van der Waals surface area (Å²) in [6, 6.07) is 1.44. The van der Waals surface area contributed by atoms with E-state index in [1.165, 1.54) is 13.2 Å². The standard InChI is InChI=1S/C10H13ClFNO/c1-6-4-9(12)10(11)8(7(6)2)5-13-14-3/h4,13H,5H2,1-3H3. The molecule has 0 aliphatic heterocycles. The van der Waals surface area contributed by atoms with Crippen molar-refractivity contribution >= 4 is 11.6 Å². The first kappa shape index (κ1) is 11.4. The van der Waals surface area contributed by atoms with Crippen LogP contribution in [0.15, 0.2) is 6.07 Å². The van der Waals surface area contributed by atoms with Crippen molar-refractivity contribution < 1.29 is 9.23 Å². The van der Waals surface area contributed by atoms with E-state index in [2.05, 4.69) is 5.48 Å². The molecular weight excluding hydrogens is 205 g/mol. The molecule has 0 aliphatic rings. The highest BCUT2D eigenvalue weighted by atomic mass is 35.5. The molecule has 0 saturated heterocycles. The van der Waals surface area contributed by atoms with Crippen molar-refractivity contribution in [1.82, 2.24) is 5.48 Å². The van der Waals surface area contributed by atoms with Gasteiger partial charge in [-0.2, -0.15) is 5.48 Å². The fourth-order valence-electron chi connectivity index (χ4n) is 1.26. The number of hydrogen-bond donors (Lipinski definition) is 1. The summed E-state index contributed by atoms with van der Waals surface area (Å²) in [4.78, 5) is 4.70. The number of benzene rings is 1. The molecule has 0 spiro atoms. The highest BCUT2D eigenvalue weighted by Gasteiger charge is 2.11. The van der Waals surface area contributed by atoms with Crippen LogP contribution in [-0.4, -0.2) is 7.11 Å². The lowest BCUT2D eigenvalue weighted by molar-refractivity contribution is 0.0865. The van der Waals surface area contributed by atoms with Crippen LogP contribution in [0.1, 0.15) is 16.7 Å². The maximum Gasteiger partial charge on any atom is 0.142 e. The minimum absolute atomic E-state index is 0.164. The topological polar surface area (TPSA) is 21.3 Å². The lowest BCUT2D eigenvalue weighted by Gasteiger charge is -2.11. The highest BCUT2D eigenvalue weighted by Crippen LogP contribution is 2.25. The Labute approximate surface area is 88.0 Å². The van der Waals surface area contributed by atoms with Gasteiger partial charge in [0.25, 0.3) is 0 Å². The average Bonchev–Trinajstić information content (AvgIpc) is 2.15. The van der Waals surface area contributed by atoms with Gasteiger partial charge in [0.05, 0.1) is 12.1 Å². The molecule has 0 aliphatic carbocycles. The Balaban J connectivity index is 3.11. The van der Waals surface area contributed by atoms with Crippen molar-refractivity contribution in [3.05, 3.63) is 33.6 Å². The van der Waals surface area contributed by atoms with E-state index in [1.54, 1.807) is 0 Å². The first-order valence-electron chi connectivity index (χ1n) is 4.27. The molecule has 4 heteroatoms. The maximum absolute atomic E-state index is 13.2. The minimum atomic E-state index is -0.386. The molecule has 1 aromatic carbocycles. The molecule has 0 bridgehead atoms. The van der Waals surface area contributed by atoms with Crippen LogP contribution in [0.25, 0.3) is 0 Å². The van der Waals surface area contributed by atoms with Crippen LogP contribution in [-0.2, 0) is 11.4 Å². The molecule has 78 valence electrons. The molecule has 1 rings (SSSR count). The minimum Gasteiger partial charge on any atom is -0.305 e. The molecule has 1 N–H and O–H groups in total. The molecular formula is C10H13ClFNO. The van der Waals surface area contributed by atoms with Crippen LogP contribution in [0.5, 0.6) is 0 Å². The van der Waals surface area contributed by atoms with E-state index in [-0.39, 0.29) is 10.8 Å². The van der Waals surface area contributed by atoms with Crippen LogP contribution in [0, 0.1) is 19.7 Å². The summed E-state index contributed by atoms with van der Waals surface area (Å²) in [7, 11) is 1.51. The number of nitrogens with one attached hydrogen (secondary N) is 1. The summed E-state index contributed by atoms with van der Waals surface area (Å²) in [6.07, 6.45) is 0. The molecule has 0 amide bonds. The van der Waals surface area contributed by atoms with Gasteiger partial charge in [-0.3, -0.25) is 0 Å². The molecule has 0 aromatic heterocycles. The van der Waals surface area contributed by atoms with Gasteiger partial charge in [0, 0.05) is 6.54 Å². The van der Waals surface area contributed by atoms with Gasteiger partial charge in [-0.25, -0.2) is 4.39 Å². The summed E-state index contributed by atoms with van der Waals surface area (Å²) in [5.74, 6) is -0.386. The van der Waals surface area contributed by atoms with Crippen LogP contribution >= 0.6 is 11.6 Å². The fraction of sp³-hybridized carbons (Fsp3) is 0.400. The second-order valence-corrected chi connectivity index (χ2v) is 3.50. The predicted octanol–water partition coefficient (Wildman–Crippen LogP) is 2.75. The van der Waals surface area contributed by atoms with Gasteiger partial charge in [-0.1, -0.05) is 11.6 Å². The van der Waals surface area contributed by atoms with Gasteiger partial charge >= 0.3 is 0 Å². The van der Waals surface area contributed by atoms with Crippen molar-refractivity contribution in [2.45, 2.75) is 20.4 Å². The Morgan fingerprint density at radius 1 is 1.50 bits per heavy atom. The zero-order valence-electron chi connectivity index (χ0n) is 8.45. The summed E-state index contributed by atoms with van der Waals surface area (Å²) in [5.41, 5.74) is 5.27. The van der Waals surface area contributed by atoms with E-state index in [0.29, 0.717) is 6.54 Å². The summed E-state index contributed by atoms with van der Waals surface area (Å²) in [6.45, 7) is 4.16. The Bertz CT molecular complexity index is 315. The zero-order chi connectivity index (χ0) is 10.7. The van der Waals surface area contributed by atoms with Gasteiger partial charge in [-0.15, -0.1) is 0 Å². The van der Waals surface area contributed by atoms with Crippen LogP contribution in [0.3, 0.4) is 0 Å².